The molecule has 0 radical (unpaired) electrons. The van der Waals surface area contributed by atoms with Crippen molar-refractivity contribution in [1.29, 1.82) is 5.26 Å². The zero-order chi connectivity index (χ0) is 39.2. The molecule has 3 aromatic heterocycles. The maximum Gasteiger partial charge on any atom is 0.212 e. The average Bonchev–Trinajstić information content (AvgIpc) is 3.93. The molecular weight excluding hydrogens is 719 g/mol. The molecule has 0 saturated carbocycles. The second-order valence-electron chi connectivity index (χ2n) is 15.1. The molecule has 12 aromatic rings. The molecule has 59 heavy (non-hydrogen) atoms. The van der Waals surface area contributed by atoms with Crippen LogP contribution in [0, 0.1) is 17.9 Å². The van der Waals surface area contributed by atoms with Crippen molar-refractivity contribution in [3.63, 3.8) is 0 Å². The summed E-state index contributed by atoms with van der Waals surface area (Å²) in [5.74, 6) is 0. The predicted molar refractivity (Wildman–Crippen MR) is 243 cm³/mol. The van der Waals surface area contributed by atoms with Crippen molar-refractivity contribution < 1.29 is 0 Å². The number of para-hydroxylation sites is 3. The average molecular weight is 750 g/mol. The Hall–Kier alpha value is -8.38. The molecule has 0 unspecified atom stereocenters. The maximum atomic E-state index is 11.1. The lowest BCUT2D eigenvalue weighted by atomic mass is 10.0. The normalized spacial score (nSPS) is 11.7. The Morgan fingerprint density at radius 3 is 1.73 bits per heavy atom. The molecule has 0 saturated heterocycles. The van der Waals surface area contributed by atoms with Crippen LogP contribution in [0.1, 0.15) is 5.56 Å². The highest BCUT2D eigenvalue weighted by Gasteiger charge is 2.23. The summed E-state index contributed by atoms with van der Waals surface area (Å²) in [4.78, 5) is 4.21. The molecule has 0 fully saturated rings. The Morgan fingerprint density at radius 1 is 0.407 bits per heavy atom. The van der Waals surface area contributed by atoms with Crippen LogP contribution in [0.25, 0.3) is 109 Å². The minimum atomic E-state index is 0.460. The van der Waals surface area contributed by atoms with E-state index >= 15 is 0 Å². The van der Waals surface area contributed by atoms with Gasteiger partial charge in [-0.2, -0.15) is 5.26 Å². The molecular formula is C54H31N5. The van der Waals surface area contributed by atoms with Crippen molar-refractivity contribution >= 4 is 81.9 Å². The number of benzene rings is 9. The Kier molecular flexibility index (Phi) is 6.99. The summed E-state index contributed by atoms with van der Waals surface area (Å²) < 4.78 is 6.68. The third-order valence-corrected chi connectivity index (χ3v) is 12.1. The van der Waals surface area contributed by atoms with Crippen LogP contribution in [-0.2, 0) is 0 Å². The highest BCUT2D eigenvalue weighted by atomic mass is 15.0. The van der Waals surface area contributed by atoms with Crippen LogP contribution < -0.4 is 0 Å². The minimum absolute atomic E-state index is 0.460. The fraction of sp³-hybridized carbons (Fsp3) is 0. The number of rotatable bonds is 4. The van der Waals surface area contributed by atoms with Gasteiger partial charge in [-0.15, -0.1) is 0 Å². The second kappa shape index (κ2) is 12.6. The molecule has 0 aliphatic carbocycles. The SMILES string of the molecule is [C-]#[N+]c1cc(-n2c3ccc(-c4ccccc4)cc3c3c4ccccc4ccc32)c(C#N)cc1-n1c2ccccc2c2cc3c4ccccc4n(-c4ccccc4)c3cc21. The van der Waals surface area contributed by atoms with Crippen molar-refractivity contribution in [3.8, 4) is 34.3 Å². The van der Waals surface area contributed by atoms with Gasteiger partial charge in [0.1, 0.15) is 6.07 Å². The molecule has 0 amide bonds. The van der Waals surface area contributed by atoms with Gasteiger partial charge in [0, 0.05) is 38.0 Å². The second-order valence-corrected chi connectivity index (χ2v) is 15.1. The number of nitriles is 1. The largest absolute Gasteiger partial charge is 0.319 e. The summed E-state index contributed by atoms with van der Waals surface area (Å²) in [7, 11) is 0. The van der Waals surface area contributed by atoms with Gasteiger partial charge in [-0.1, -0.05) is 121 Å². The van der Waals surface area contributed by atoms with Crippen molar-refractivity contribution in [1.82, 2.24) is 13.7 Å². The summed E-state index contributed by atoms with van der Waals surface area (Å²) in [5.41, 5.74) is 11.7. The van der Waals surface area contributed by atoms with E-state index in [0.29, 0.717) is 22.6 Å². The Balaban J connectivity index is 1.16. The highest BCUT2D eigenvalue weighted by Crippen LogP contribution is 2.44. The van der Waals surface area contributed by atoms with E-state index in [2.05, 4.69) is 182 Å². The van der Waals surface area contributed by atoms with Gasteiger partial charge in [-0.05, 0) is 88.6 Å². The fourth-order valence-electron chi connectivity index (χ4n) is 9.51. The van der Waals surface area contributed by atoms with Crippen LogP contribution in [0.4, 0.5) is 5.69 Å². The molecule has 0 N–H and O–H groups in total. The summed E-state index contributed by atoms with van der Waals surface area (Å²) in [6.45, 7) is 8.68. The number of hydrogen-bond acceptors (Lipinski definition) is 1. The number of aromatic nitrogens is 3. The third-order valence-electron chi connectivity index (χ3n) is 12.1. The van der Waals surface area contributed by atoms with Gasteiger partial charge in [0.2, 0.25) is 5.69 Å². The first kappa shape index (κ1) is 32.8. The van der Waals surface area contributed by atoms with Crippen molar-refractivity contribution in [2.75, 3.05) is 0 Å². The predicted octanol–water partition coefficient (Wildman–Crippen LogP) is 14.2. The molecule has 9 aromatic carbocycles. The minimum Gasteiger partial charge on any atom is -0.319 e. The Bertz CT molecular complexity index is 3790. The molecule has 0 atom stereocenters. The van der Waals surface area contributed by atoms with Crippen LogP contribution >= 0.6 is 0 Å². The van der Waals surface area contributed by atoms with E-state index in [0.717, 1.165) is 87.6 Å². The molecule has 272 valence electrons. The molecule has 5 nitrogen and oxygen atoms in total. The van der Waals surface area contributed by atoms with Gasteiger partial charge < -0.3 is 13.7 Å². The molecule has 0 aliphatic rings. The quantitative estimate of drug-likeness (QED) is 0.165. The van der Waals surface area contributed by atoms with E-state index in [-0.39, 0.29) is 0 Å². The van der Waals surface area contributed by atoms with Gasteiger partial charge in [-0.3, -0.25) is 0 Å². The van der Waals surface area contributed by atoms with Crippen molar-refractivity contribution in [2.24, 2.45) is 0 Å². The number of fused-ring (bicyclic) bond motifs is 11. The number of nitrogens with zero attached hydrogens (tertiary/aromatic N) is 5. The number of hydrogen-bond donors (Lipinski definition) is 0. The maximum absolute atomic E-state index is 11.1. The molecule has 5 heteroatoms. The lowest BCUT2D eigenvalue weighted by molar-refractivity contribution is 1.14. The van der Waals surface area contributed by atoms with Crippen molar-refractivity contribution in [3.05, 3.63) is 205 Å². The van der Waals surface area contributed by atoms with Gasteiger partial charge in [0.25, 0.3) is 0 Å². The zero-order valence-corrected chi connectivity index (χ0v) is 31.6. The topological polar surface area (TPSA) is 42.9 Å². The first-order valence-corrected chi connectivity index (χ1v) is 19.7. The lowest BCUT2D eigenvalue weighted by Gasteiger charge is -2.16. The standard InChI is InChI=1S/C54H31N5/c1-56-45-31-50(58-48-26-25-36(34-14-4-2-5-15-34)28-44(48)54-39-19-9-8-16-35(39)24-27-49(54)58)37(33-55)29-53(45)59-47-23-13-11-21-41(47)43-30-42-40-20-10-12-22-46(40)57(51(42)32-52(43)59)38-17-6-3-7-18-38/h2-32H. The third kappa shape index (κ3) is 4.71. The van der Waals surface area contributed by atoms with Crippen LogP contribution in [0.2, 0.25) is 0 Å². The van der Waals surface area contributed by atoms with E-state index in [1.807, 2.05) is 30.3 Å². The fourth-order valence-corrected chi connectivity index (χ4v) is 9.51. The van der Waals surface area contributed by atoms with Crippen LogP contribution in [0.15, 0.2) is 188 Å². The van der Waals surface area contributed by atoms with Gasteiger partial charge in [0.05, 0.1) is 56.6 Å². The molecule has 0 bridgehead atoms. The van der Waals surface area contributed by atoms with E-state index in [1.165, 1.54) is 5.39 Å². The van der Waals surface area contributed by atoms with Gasteiger partial charge >= 0.3 is 0 Å². The summed E-state index contributed by atoms with van der Waals surface area (Å²) in [6, 6.07) is 68.1. The smallest absolute Gasteiger partial charge is 0.212 e. The van der Waals surface area contributed by atoms with Crippen LogP contribution in [-0.4, -0.2) is 13.7 Å². The molecule has 12 rings (SSSR count). The summed E-state index contributed by atoms with van der Waals surface area (Å²) >= 11 is 0. The van der Waals surface area contributed by atoms with E-state index in [9.17, 15) is 5.26 Å². The van der Waals surface area contributed by atoms with E-state index < -0.39 is 0 Å². The van der Waals surface area contributed by atoms with Crippen molar-refractivity contribution in [2.45, 2.75) is 0 Å². The monoisotopic (exact) mass is 749 g/mol. The summed E-state index contributed by atoms with van der Waals surface area (Å²) in [6.07, 6.45) is 0. The van der Waals surface area contributed by atoms with Crippen LogP contribution in [0.5, 0.6) is 0 Å². The zero-order valence-electron chi connectivity index (χ0n) is 31.6. The lowest BCUT2D eigenvalue weighted by Crippen LogP contribution is -2.02. The Morgan fingerprint density at radius 2 is 1.00 bits per heavy atom. The summed E-state index contributed by atoms with van der Waals surface area (Å²) in [5, 5.41) is 20.1. The van der Waals surface area contributed by atoms with Crippen LogP contribution in [0.3, 0.4) is 0 Å². The van der Waals surface area contributed by atoms with E-state index in [1.54, 1.807) is 0 Å². The first-order valence-electron chi connectivity index (χ1n) is 19.7. The highest BCUT2D eigenvalue weighted by molar-refractivity contribution is 6.22. The molecule has 3 heterocycles. The first-order chi connectivity index (χ1) is 29.2. The molecule has 0 aliphatic heterocycles. The van der Waals surface area contributed by atoms with Gasteiger partial charge in [-0.25, -0.2) is 4.85 Å². The van der Waals surface area contributed by atoms with Gasteiger partial charge in [0.15, 0.2) is 0 Å². The van der Waals surface area contributed by atoms with E-state index in [4.69, 9.17) is 6.57 Å². The Labute approximate surface area is 338 Å². The molecule has 0 spiro atoms.